The largest absolute Gasteiger partial charge is 0.488 e. The van der Waals surface area contributed by atoms with E-state index in [-0.39, 0.29) is 28.6 Å². The first kappa shape index (κ1) is 20.4. The van der Waals surface area contributed by atoms with Crippen molar-refractivity contribution in [1.82, 2.24) is 9.88 Å². The van der Waals surface area contributed by atoms with Crippen LogP contribution in [0.15, 0.2) is 17.1 Å². The summed E-state index contributed by atoms with van der Waals surface area (Å²) in [7, 11) is -1.35. The van der Waals surface area contributed by atoms with Crippen molar-refractivity contribution in [2.24, 2.45) is 0 Å². The van der Waals surface area contributed by atoms with Crippen molar-refractivity contribution in [2.75, 3.05) is 25.4 Å². The lowest BCUT2D eigenvalue weighted by Gasteiger charge is -2.21. The summed E-state index contributed by atoms with van der Waals surface area (Å²) in [6.45, 7) is 7.84. The Labute approximate surface area is 146 Å². The Morgan fingerprint density at radius 3 is 2.42 bits per heavy atom. The van der Waals surface area contributed by atoms with E-state index in [2.05, 4.69) is 4.98 Å². The number of hydrogen-bond donors (Lipinski definition) is 1. The highest BCUT2D eigenvalue weighted by Crippen LogP contribution is 2.06. The Morgan fingerprint density at radius 1 is 1.21 bits per heavy atom. The molecule has 0 bridgehead atoms. The first-order valence-corrected chi connectivity index (χ1v) is 9.97. The predicted octanol–water partition coefficient (Wildman–Crippen LogP) is 2.06. The normalized spacial score (nSPS) is 12.0. The zero-order valence-electron chi connectivity index (χ0n) is 14.8. The molecule has 1 atom stereocenters. The molecule has 1 heterocycles. The third kappa shape index (κ3) is 6.86. The molecule has 1 aromatic heterocycles. The fourth-order valence-corrected chi connectivity index (χ4v) is 3.34. The predicted molar refractivity (Wildman–Crippen MR) is 96.7 cm³/mol. The summed E-state index contributed by atoms with van der Waals surface area (Å²) >= 11 is 0. The molecule has 0 fully saturated rings. The molecule has 1 rings (SSSR count). The minimum Gasteiger partial charge on any atom is -0.488 e. The highest BCUT2D eigenvalue weighted by atomic mass is 32.2. The second kappa shape index (κ2) is 11.0. The second-order valence-corrected chi connectivity index (χ2v) is 7.10. The molecular weight excluding hydrogens is 328 g/mol. The minimum atomic E-state index is -1.35. The summed E-state index contributed by atoms with van der Waals surface area (Å²) in [5, 5.41) is 0. The zero-order chi connectivity index (χ0) is 17.9. The molecule has 0 aliphatic heterocycles. The van der Waals surface area contributed by atoms with Gasteiger partial charge in [-0.1, -0.05) is 20.8 Å². The number of ether oxygens (including phenoxy) is 1. The molecule has 0 aliphatic carbocycles. The first-order chi connectivity index (χ1) is 11.5. The molecule has 0 radical (unpaired) electrons. The third-order valence-corrected chi connectivity index (χ3v) is 4.54. The Balaban J connectivity index is 2.62. The van der Waals surface area contributed by atoms with Gasteiger partial charge in [0.2, 0.25) is 11.3 Å². The molecule has 1 unspecified atom stereocenters. The van der Waals surface area contributed by atoms with Crippen molar-refractivity contribution >= 4 is 16.7 Å². The van der Waals surface area contributed by atoms with Gasteiger partial charge in [0.25, 0.3) is 0 Å². The molecule has 0 saturated heterocycles. The van der Waals surface area contributed by atoms with Crippen LogP contribution in [-0.4, -0.2) is 45.4 Å². The monoisotopic (exact) mass is 356 g/mol. The molecule has 7 heteroatoms. The van der Waals surface area contributed by atoms with E-state index in [0.717, 1.165) is 19.3 Å². The molecule has 0 saturated carbocycles. The number of nitrogens with zero attached hydrogens (tertiary/aromatic N) is 1. The van der Waals surface area contributed by atoms with Crippen LogP contribution in [0.4, 0.5) is 0 Å². The zero-order valence-corrected chi connectivity index (χ0v) is 15.6. The van der Waals surface area contributed by atoms with E-state index in [1.807, 2.05) is 20.8 Å². The van der Waals surface area contributed by atoms with Crippen molar-refractivity contribution in [2.45, 2.75) is 45.8 Å². The van der Waals surface area contributed by atoms with Crippen molar-refractivity contribution in [1.29, 1.82) is 0 Å². The number of H-pyrrole nitrogens is 1. The Kier molecular flexibility index (Phi) is 9.37. The van der Waals surface area contributed by atoms with E-state index >= 15 is 0 Å². The van der Waals surface area contributed by atoms with Gasteiger partial charge in [-0.15, -0.1) is 0 Å². The molecule has 136 valence electrons. The third-order valence-electron chi connectivity index (χ3n) is 3.34. The lowest BCUT2D eigenvalue weighted by Crippen LogP contribution is -2.36. The van der Waals surface area contributed by atoms with Gasteiger partial charge in [0, 0.05) is 41.8 Å². The van der Waals surface area contributed by atoms with Crippen LogP contribution in [0.25, 0.3) is 0 Å². The van der Waals surface area contributed by atoms with Crippen LogP contribution < -0.4 is 10.2 Å². The van der Waals surface area contributed by atoms with Crippen LogP contribution in [0.5, 0.6) is 5.75 Å². The minimum absolute atomic E-state index is 0.0177. The average Bonchev–Trinajstić information content (AvgIpc) is 2.53. The molecule has 0 aromatic carbocycles. The summed E-state index contributed by atoms with van der Waals surface area (Å²) in [6.07, 6.45) is 4.07. The van der Waals surface area contributed by atoms with Crippen molar-refractivity contribution in [3.63, 3.8) is 0 Å². The number of aromatic nitrogens is 1. The van der Waals surface area contributed by atoms with Crippen molar-refractivity contribution < 1.29 is 13.7 Å². The maximum Gasteiger partial charge on any atom is 0.235 e. The fraction of sp³-hybridized carbons (Fsp3) is 0.647. The molecule has 24 heavy (non-hydrogen) atoms. The van der Waals surface area contributed by atoms with E-state index in [0.29, 0.717) is 25.4 Å². The molecule has 1 aromatic rings. The number of pyridine rings is 1. The SMILES string of the molecule is CCCOc1c[nH]c(CS(=O)CC(=O)N(CCC)CCC)cc1=O. The number of carbonyl (C=O) groups excluding carboxylic acids is 1. The van der Waals surface area contributed by atoms with Crippen molar-refractivity contribution in [3.8, 4) is 5.75 Å². The fourth-order valence-electron chi connectivity index (χ4n) is 2.26. The van der Waals surface area contributed by atoms with E-state index in [1.54, 1.807) is 4.90 Å². The summed E-state index contributed by atoms with van der Waals surface area (Å²) in [4.78, 5) is 28.8. The van der Waals surface area contributed by atoms with Gasteiger partial charge < -0.3 is 14.6 Å². The van der Waals surface area contributed by atoms with Gasteiger partial charge in [-0.25, -0.2) is 0 Å². The van der Waals surface area contributed by atoms with Gasteiger partial charge in [0.1, 0.15) is 5.75 Å². The maximum absolute atomic E-state index is 12.2. The van der Waals surface area contributed by atoms with Gasteiger partial charge in [0.05, 0.1) is 12.4 Å². The van der Waals surface area contributed by atoms with E-state index in [4.69, 9.17) is 4.74 Å². The molecule has 6 nitrogen and oxygen atoms in total. The van der Waals surface area contributed by atoms with Crippen LogP contribution in [-0.2, 0) is 21.3 Å². The van der Waals surface area contributed by atoms with E-state index in [1.165, 1.54) is 12.3 Å². The van der Waals surface area contributed by atoms with Crippen LogP contribution in [0, 0.1) is 0 Å². The highest BCUT2D eigenvalue weighted by Gasteiger charge is 2.16. The van der Waals surface area contributed by atoms with Gasteiger partial charge in [-0.3, -0.25) is 13.8 Å². The second-order valence-electron chi connectivity index (χ2n) is 5.64. The van der Waals surface area contributed by atoms with Crippen LogP contribution >= 0.6 is 0 Å². The molecular formula is C17H28N2O4S. The van der Waals surface area contributed by atoms with Crippen molar-refractivity contribution in [3.05, 3.63) is 28.2 Å². The van der Waals surface area contributed by atoms with Gasteiger partial charge in [0.15, 0.2) is 5.75 Å². The lowest BCUT2D eigenvalue weighted by atomic mass is 10.3. The number of nitrogens with one attached hydrogen (secondary N) is 1. The van der Waals surface area contributed by atoms with Crippen LogP contribution in [0.2, 0.25) is 0 Å². The summed E-state index contributed by atoms with van der Waals surface area (Å²) < 4.78 is 17.5. The Bertz CT molecular complexity index is 594. The summed E-state index contributed by atoms with van der Waals surface area (Å²) in [5.41, 5.74) is 0.312. The molecule has 1 amide bonds. The number of aromatic amines is 1. The smallest absolute Gasteiger partial charge is 0.235 e. The van der Waals surface area contributed by atoms with Gasteiger partial charge in [-0.2, -0.15) is 0 Å². The number of carbonyl (C=O) groups is 1. The first-order valence-electron chi connectivity index (χ1n) is 8.48. The Hall–Kier alpha value is -1.63. The lowest BCUT2D eigenvalue weighted by molar-refractivity contribution is -0.128. The summed E-state index contributed by atoms with van der Waals surface area (Å²) in [6, 6.07) is 1.39. The van der Waals surface area contributed by atoms with Gasteiger partial charge >= 0.3 is 0 Å². The number of hydrogen-bond acceptors (Lipinski definition) is 4. The molecule has 0 aliphatic rings. The number of amides is 1. The van der Waals surface area contributed by atoms with Crippen LogP contribution in [0.1, 0.15) is 45.7 Å². The van der Waals surface area contributed by atoms with Gasteiger partial charge in [-0.05, 0) is 19.3 Å². The molecule has 0 spiro atoms. The average molecular weight is 356 g/mol. The summed E-state index contributed by atoms with van der Waals surface area (Å²) in [5.74, 6) is 0.304. The topological polar surface area (TPSA) is 79.5 Å². The van der Waals surface area contributed by atoms with E-state index < -0.39 is 10.8 Å². The number of rotatable bonds is 11. The molecule has 1 N–H and O–H groups in total. The standard InChI is InChI=1S/C17H28N2O4S/c1-4-7-19(8-5-2)17(21)13-24(22)12-14-10-15(20)16(11-18-14)23-9-6-3/h10-11H,4-9,12-13H2,1-3H3,(H,18,20). The van der Waals surface area contributed by atoms with Crippen LogP contribution in [0.3, 0.4) is 0 Å². The van der Waals surface area contributed by atoms with E-state index in [9.17, 15) is 13.8 Å². The maximum atomic E-state index is 12.2. The highest BCUT2D eigenvalue weighted by molar-refractivity contribution is 7.84. The Morgan fingerprint density at radius 2 is 1.88 bits per heavy atom. The quantitative estimate of drug-likeness (QED) is 0.658.